The summed E-state index contributed by atoms with van der Waals surface area (Å²) in [7, 11) is 0. The van der Waals surface area contributed by atoms with Crippen molar-refractivity contribution in [3.63, 3.8) is 0 Å². The van der Waals surface area contributed by atoms with Crippen molar-refractivity contribution < 1.29 is 4.79 Å². The number of halogens is 1. The Balaban J connectivity index is 0.00000180. The summed E-state index contributed by atoms with van der Waals surface area (Å²) in [6, 6.07) is 10.6. The third-order valence-electron chi connectivity index (χ3n) is 3.59. The molecule has 1 aliphatic rings. The van der Waals surface area contributed by atoms with Crippen LogP contribution in [0.5, 0.6) is 0 Å². The molecule has 0 aliphatic carbocycles. The molecule has 1 fully saturated rings. The minimum absolute atomic E-state index is 0. The van der Waals surface area contributed by atoms with Crippen molar-refractivity contribution in [1.82, 2.24) is 9.80 Å². The van der Waals surface area contributed by atoms with Gasteiger partial charge in [0.2, 0.25) is 5.91 Å². The predicted octanol–water partition coefficient (Wildman–Crippen LogP) is 2.21. The topological polar surface area (TPSA) is 23.6 Å². The molecule has 1 aromatic rings. The van der Waals surface area contributed by atoms with Gasteiger partial charge in [0.05, 0.1) is 0 Å². The number of hydrogen-bond acceptors (Lipinski definition) is 2. The zero-order valence-electron chi connectivity index (χ0n) is 11.5. The Morgan fingerprint density at radius 1 is 1.11 bits per heavy atom. The van der Waals surface area contributed by atoms with Gasteiger partial charge in [0.1, 0.15) is 0 Å². The van der Waals surface area contributed by atoms with Crippen LogP contribution in [0.2, 0.25) is 0 Å². The van der Waals surface area contributed by atoms with Crippen LogP contribution in [0.3, 0.4) is 0 Å². The molecule has 2 rings (SSSR count). The Labute approximate surface area is 122 Å². The molecule has 0 radical (unpaired) electrons. The molecule has 1 amide bonds. The van der Waals surface area contributed by atoms with Gasteiger partial charge in [0.15, 0.2) is 0 Å². The van der Waals surface area contributed by atoms with Crippen LogP contribution < -0.4 is 0 Å². The number of carbonyl (C=O) groups excluding carboxylic acids is 1. The van der Waals surface area contributed by atoms with E-state index in [1.54, 1.807) is 0 Å². The first kappa shape index (κ1) is 16.0. The van der Waals surface area contributed by atoms with E-state index in [0.717, 1.165) is 39.1 Å². The van der Waals surface area contributed by atoms with Crippen LogP contribution in [0.1, 0.15) is 18.9 Å². The first-order valence-electron chi connectivity index (χ1n) is 6.83. The Morgan fingerprint density at radius 2 is 1.74 bits per heavy atom. The molecular weight excluding hydrogens is 260 g/mol. The van der Waals surface area contributed by atoms with Crippen molar-refractivity contribution in [2.45, 2.75) is 19.8 Å². The second kappa shape index (κ2) is 8.18. The highest BCUT2D eigenvalue weighted by molar-refractivity contribution is 5.85. The summed E-state index contributed by atoms with van der Waals surface area (Å²) >= 11 is 0. The number of rotatable bonds is 4. The fourth-order valence-corrected chi connectivity index (χ4v) is 2.38. The first-order chi connectivity index (χ1) is 8.79. The highest BCUT2D eigenvalue weighted by atomic mass is 35.5. The van der Waals surface area contributed by atoms with Crippen molar-refractivity contribution in [3.05, 3.63) is 35.9 Å². The highest BCUT2D eigenvalue weighted by Gasteiger charge is 2.19. The van der Waals surface area contributed by atoms with Crippen LogP contribution in [0.15, 0.2) is 30.3 Å². The van der Waals surface area contributed by atoms with Crippen LogP contribution in [-0.2, 0) is 11.2 Å². The van der Waals surface area contributed by atoms with Crippen LogP contribution in [0, 0.1) is 0 Å². The second-order valence-electron chi connectivity index (χ2n) is 4.81. The summed E-state index contributed by atoms with van der Waals surface area (Å²) in [5.74, 6) is 0.290. The average molecular weight is 283 g/mol. The molecule has 1 aromatic carbocycles. The van der Waals surface area contributed by atoms with Crippen LogP contribution >= 0.6 is 12.4 Å². The number of benzene rings is 1. The van der Waals surface area contributed by atoms with Gasteiger partial charge in [-0.1, -0.05) is 37.3 Å². The zero-order valence-corrected chi connectivity index (χ0v) is 12.4. The predicted molar refractivity (Wildman–Crippen MR) is 80.7 cm³/mol. The lowest BCUT2D eigenvalue weighted by Crippen LogP contribution is -2.48. The highest BCUT2D eigenvalue weighted by Crippen LogP contribution is 2.06. The SMILES string of the molecule is CCC(=O)N1CCN(CCc2ccccc2)CC1.Cl. The van der Waals surface area contributed by atoms with Crippen LogP contribution in [0.4, 0.5) is 0 Å². The third kappa shape index (κ3) is 4.84. The van der Waals surface area contributed by atoms with Gasteiger partial charge < -0.3 is 4.90 Å². The summed E-state index contributed by atoms with van der Waals surface area (Å²) in [5, 5.41) is 0. The van der Waals surface area contributed by atoms with E-state index in [2.05, 4.69) is 35.2 Å². The van der Waals surface area contributed by atoms with Gasteiger partial charge in [-0.2, -0.15) is 0 Å². The standard InChI is InChI=1S/C15H22N2O.ClH/c1-2-15(18)17-12-10-16(11-13-17)9-8-14-6-4-3-5-7-14;/h3-7H,2,8-13H2,1H3;1H. The molecule has 0 spiro atoms. The van der Waals surface area contributed by atoms with Crippen molar-refractivity contribution in [3.8, 4) is 0 Å². The minimum Gasteiger partial charge on any atom is -0.340 e. The largest absolute Gasteiger partial charge is 0.340 e. The number of nitrogens with zero attached hydrogens (tertiary/aromatic N) is 2. The summed E-state index contributed by atoms with van der Waals surface area (Å²) in [4.78, 5) is 16.0. The Bertz CT molecular complexity index is 375. The van der Waals surface area contributed by atoms with E-state index >= 15 is 0 Å². The van der Waals surface area contributed by atoms with Crippen LogP contribution in [0.25, 0.3) is 0 Å². The maximum atomic E-state index is 11.6. The van der Waals surface area contributed by atoms with E-state index in [4.69, 9.17) is 0 Å². The molecule has 19 heavy (non-hydrogen) atoms. The van der Waals surface area contributed by atoms with Crippen molar-refractivity contribution in [2.24, 2.45) is 0 Å². The molecule has 0 aromatic heterocycles. The van der Waals surface area contributed by atoms with E-state index in [0.29, 0.717) is 6.42 Å². The molecule has 0 unspecified atom stereocenters. The summed E-state index contributed by atoms with van der Waals surface area (Å²) in [6.07, 6.45) is 1.73. The van der Waals surface area contributed by atoms with E-state index in [9.17, 15) is 4.79 Å². The van der Waals surface area contributed by atoms with E-state index in [-0.39, 0.29) is 18.3 Å². The monoisotopic (exact) mass is 282 g/mol. The first-order valence-corrected chi connectivity index (χ1v) is 6.83. The molecule has 1 aliphatic heterocycles. The van der Waals surface area contributed by atoms with Gasteiger partial charge in [-0.05, 0) is 12.0 Å². The van der Waals surface area contributed by atoms with E-state index in [1.165, 1.54) is 5.56 Å². The molecule has 0 atom stereocenters. The van der Waals surface area contributed by atoms with Crippen molar-refractivity contribution in [2.75, 3.05) is 32.7 Å². The lowest BCUT2D eigenvalue weighted by molar-refractivity contribution is -0.132. The van der Waals surface area contributed by atoms with Crippen molar-refractivity contribution >= 4 is 18.3 Å². The minimum atomic E-state index is 0. The van der Waals surface area contributed by atoms with Gasteiger partial charge in [-0.15, -0.1) is 12.4 Å². The quantitative estimate of drug-likeness (QED) is 0.845. The molecule has 106 valence electrons. The Kier molecular flexibility index (Phi) is 6.89. The number of amides is 1. The molecule has 3 nitrogen and oxygen atoms in total. The maximum absolute atomic E-state index is 11.6. The number of carbonyl (C=O) groups is 1. The van der Waals surface area contributed by atoms with Crippen molar-refractivity contribution in [1.29, 1.82) is 0 Å². The fraction of sp³-hybridized carbons (Fsp3) is 0.533. The summed E-state index contributed by atoms with van der Waals surface area (Å²) < 4.78 is 0. The third-order valence-corrected chi connectivity index (χ3v) is 3.59. The fourth-order valence-electron chi connectivity index (χ4n) is 2.38. The lowest BCUT2D eigenvalue weighted by atomic mass is 10.1. The average Bonchev–Trinajstić information content (AvgIpc) is 2.46. The Hall–Kier alpha value is -1.06. The van der Waals surface area contributed by atoms with Gasteiger partial charge >= 0.3 is 0 Å². The van der Waals surface area contributed by atoms with Gasteiger partial charge in [-0.25, -0.2) is 0 Å². The lowest BCUT2D eigenvalue weighted by Gasteiger charge is -2.34. The molecule has 1 saturated heterocycles. The molecule has 4 heteroatoms. The molecule has 0 saturated carbocycles. The smallest absolute Gasteiger partial charge is 0.222 e. The summed E-state index contributed by atoms with van der Waals surface area (Å²) in [5.41, 5.74) is 1.39. The van der Waals surface area contributed by atoms with Gasteiger partial charge in [0, 0.05) is 39.1 Å². The normalized spacial score (nSPS) is 15.9. The number of piperazine rings is 1. The van der Waals surface area contributed by atoms with Crippen LogP contribution in [-0.4, -0.2) is 48.4 Å². The van der Waals surface area contributed by atoms with E-state index in [1.807, 2.05) is 11.8 Å². The zero-order chi connectivity index (χ0) is 12.8. The summed E-state index contributed by atoms with van der Waals surface area (Å²) in [6.45, 7) is 6.84. The number of hydrogen-bond donors (Lipinski definition) is 0. The molecular formula is C15H23ClN2O. The molecule has 1 heterocycles. The maximum Gasteiger partial charge on any atom is 0.222 e. The molecule has 0 N–H and O–H groups in total. The van der Waals surface area contributed by atoms with Gasteiger partial charge in [-0.3, -0.25) is 9.69 Å². The molecule has 0 bridgehead atoms. The van der Waals surface area contributed by atoms with E-state index < -0.39 is 0 Å². The van der Waals surface area contributed by atoms with Gasteiger partial charge in [0.25, 0.3) is 0 Å². The Morgan fingerprint density at radius 3 is 2.32 bits per heavy atom. The second-order valence-corrected chi connectivity index (χ2v) is 4.81.